The number of nitrogen functional groups attached to an aromatic ring is 1. The second kappa shape index (κ2) is 7.50. The van der Waals surface area contributed by atoms with Crippen LogP contribution in [0.25, 0.3) is 22.6 Å². The molecule has 1 aliphatic carbocycles. The Morgan fingerprint density at radius 3 is 2.28 bits per heavy atom. The minimum absolute atomic E-state index is 0.00431. The molecule has 0 aliphatic heterocycles. The summed E-state index contributed by atoms with van der Waals surface area (Å²) >= 11 is 0. The van der Waals surface area contributed by atoms with E-state index in [2.05, 4.69) is 32.2 Å². The number of aromatic nitrogens is 4. The van der Waals surface area contributed by atoms with Gasteiger partial charge in [0.1, 0.15) is 0 Å². The van der Waals surface area contributed by atoms with E-state index in [0.29, 0.717) is 11.4 Å². The normalized spacial score (nSPS) is 15.3. The van der Waals surface area contributed by atoms with E-state index in [1.54, 1.807) is 24.5 Å². The summed E-state index contributed by atoms with van der Waals surface area (Å²) in [6, 6.07) is 14.3. The Morgan fingerprint density at radius 2 is 1.66 bits per heavy atom. The third kappa shape index (κ3) is 3.53. The first-order chi connectivity index (χ1) is 15.3. The number of primary sulfonamides is 1. The lowest BCUT2D eigenvalue weighted by molar-refractivity contribution is 0.273. The smallest absolute Gasteiger partial charge is 0.257 e. The molecule has 2 aromatic carbocycles. The minimum atomic E-state index is -3.83. The van der Waals surface area contributed by atoms with Crippen molar-refractivity contribution in [3.8, 4) is 22.6 Å². The number of anilines is 1. The molecule has 0 bridgehead atoms. The molecule has 32 heavy (non-hydrogen) atoms. The van der Waals surface area contributed by atoms with Crippen LogP contribution < -0.4 is 10.9 Å². The number of nitrogens with zero attached hydrogens (tertiary/aromatic N) is 4. The summed E-state index contributed by atoms with van der Waals surface area (Å²) in [4.78, 5) is 12.7. The van der Waals surface area contributed by atoms with Gasteiger partial charge >= 0.3 is 0 Å². The summed E-state index contributed by atoms with van der Waals surface area (Å²) in [6.45, 7) is 0. The lowest BCUT2D eigenvalue weighted by atomic mass is 9.64. The van der Waals surface area contributed by atoms with Crippen molar-refractivity contribution in [1.82, 2.24) is 20.1 Å². The van der Waals surface area contributed by atoms with E-state index in [9.17, 15) is 8.42 Å². The summed E-state index contributed by atoms with van der Waals surface area (Å²) in [5.41, 5.74) is 8.69. The first-order valence-electron chi connectivity index (χ1n) is 10.0. The quantitative estimate of drug-likeness (QED) is 0.473. The van der Waals surface area contributed by atoms with Crippen molar-refractivity contribution in [2.24, 2.45) is 5.14 Å². The van der Waals surface area contributed by atoms with Crippen LogP contribution in [-0.2, 0) is 15.4 Å². The highest BCUT2D eigenvalue weighted by atomic mass is 32.2. The molecule has 2 aromatic heterocycles. The topological polar surface area (TPSA) is 151 Å². The summed E-state index contributed by atoms with van der Waals surface area (Å²) in [7, 11) is -3.83. The average Bonchev–Trinajstić information content (AvgIpc) is 3.24. The number of nitrogens with two attached hydrogens (primary N) is 2. The molecule has 2 heterocycles. The van der Waals surface area contributed by atoms with E-state index in [-0.39, 0.29) is 22.1 Å². The molecule has 5 rings (SSSR count). The molecule has 4 aromatic rings. The zero-order valence-electron chi connectivity index (χ0n) is 17.0. The first-order valence-corrected chi connectivity index (χ1v) is 11.6. The predicted molar refractivity (Wildman–Crippen MR) is 118 cm³/mol. The van der Waals surface area contributed by atoms with Gasteiger partial charge in [0.2, 0.25) is 16.0 Å². The van der Waals surface area contributed by atoms with Crippen LogP contribution in [0.4, 0.5) is 5.95 Å². The Balaban J connectivity index is 1.47. The monoisotopic (exact) mass is 448 g/mol. The van der Waals surface area contributed by atoms with Gasteiger partial charge in [-0.2, -0.15) is 4.98 Å². The molecule has 9 nitrogen and oxygen atoms in total. The molecule has 0 saturated heterocycles. The Kier molecular flexibility index (Phi) is 4.75. The van der Waals surface area contributed by atoms with Gasteiger partial charge in [0.05, 0.1) is 10.3 Å². The molecule has 162 valence electrons. The van der Waals surface area contributed by atoms with Gasteiger partial charge in [0.25, 0.3) is 5.89 Å². The molecule has 1 saturated carbocycles. The second-order valence-corrected chi connectivity index (χ2v) is 9.40. The summed E-state index contributed by atoms with van der Waals surface area (Å²) in [5, 5.41) is 9.48. The van der Waals surface area contributed by atoms with Gasteiger partial charge in [-0.25, -0.2) is 23.5 Å². The van der Waals surface area contributed by atoms with Gasteiger partial charge in [-0.3, -0.25) is 0 Å². The Bertz CT molecular complexity index is 1380. The van der Waals surface area contributed by atoms with Crippen molar-refractivity contribution < 1.29 is 12.9 Å². The van der Waals surface area contributed by atoms with Gasteiger partial charge in [-0.05, 0) is 42.2 Å². The van der Waals surface area contributed by atoms with Crippen molar-refractivity contribution in [1.29, 1.82) is 0 Å². The molecule has 1 aliphatic rings. The highest BCUT2D eigenvalue weighted by Crippen LogP contribution is 2.48. The maximum Gasteiger partial charge on any atom is 0.257 e. The highest BCUT2D eigenvalue weighted by molar-refractivity contribution is 7.89. The molecule has 1 fully saturated rings. The van der Waals surface area contributed by atoms with Crippen LogP contribution in [-0.4, -0.2) is 28.5 Å². The maximum atomic E-state index is 11.7. The summed E-state index contributed by atoms with van der Waals surface area (Å²) < 4.78 is 28.8. The molecular weight excluding hydrogens is 428 g/mol. The Labute approximate surface area is 184 Å². The van der Waals surface area contributed by atoms with Crippen LogP contribution in [0.15, 0.2) is 70.3 Å². The van der Waals surface area contributed by atoms with Gasteiger partial charge in [-0.1, -0.05) is 41.9 Å². The molecule has 0 unspecified atom stereocenters. The van der Waals surface area contributed by atoms with Crippen molar-refractivity contribution in [2.45, 2.75) is 29.6 Å². The Morgan fingerprint density at radius 1 is 0.938 bits per heavy atom. The lowest BCUT2D eigenvalue weighted by Crippen LogP contribution is -2.36. The van der Waals surface area contributed by atoms with E-state index in [0.717, 1.165) is 36.0 Å². The fraction of sp³-hybridized carbons (Fsp3) is 0.182. The number of hydrogen-bond donors (Lipinski definition) is 2. The molecule has 4 N–H and O–H groups in total. The van der Waals surface area contributed by atoms with E-state index >= 15 is 0 Å². The van der Waals surface area contributed by atoms with Crippen molar-refractivity contribution in [3.63, 3.8) is 0 Å². The minimum Gasteiger partial charge on any atom is -0.368 e. The van der Waals surface area contributed by atoms with Crippen LogP contribution in [0.5, 0.6) is 0 Å². The van der Waals surface area contributed by atoms with Crippen molar-refractivity contribution in [2.75, 3.05) is 5.73 Å². The fourth-order valence-corrected chi connectivity index (χ4v) is 4.54. The van der Waals surface area contributed by atoms with Gasteiger partial charge in [0.15, 0.2) is 5.82 Å². The molecular formula is C22H20N6O3S. The van der Waals surface area contributed by atoms with E-state index in [1.807, 2.05) is 12.1 Å². The third-order valence-electron chi connectivity index (χ3n) is 5.91. The van der Waals surface area contributed by atoms with Crippen LogP contribution in [0, 0.1) is 0 Å². The predicted octanol–water partition coefficient (Wildman–Crippen LogP) is 2.89. The number of rotatable bonds is 5. The largest absolute Gasteiger partial charge is 0.368 e. The van der Waals surface area contributed by atoms with E-state index in [1.165, 1.54) is 12.1 Å². The Hall–Kier alpha value is -3.63. The molecule has 10 heteroatoms. The van der Waals surface area contributed by atoms with Crippen LogP contribution in [0.1, 0.15) is 30.7 Å². The maximum absolute atomic E-state index is 11.7. The molecule has 0 radical (unpaired) electrons. The number of sulfonamides is 1. The number of benzene rings is 2. The molecule has 0 atom stereocenters. The molecule has 0 amide bonds. The standard InChI is InChI=1S/C22H20N6O3S/c23-21-25-12-16(13-26-21)14-5-7-17(8-6-14)22(9-2-10-22)20-27-19(31-28-20)15-3-1-4-18(11-15)32(24,29)30/h1,3-8,11-13H,2,9-10H2,(H2,23,25,26)(H2,24,29,30). The first kappa shape index (κ1) is 20.3. The van der Waals surface area contributed by atoms with Crippen LogP contribution in [0.3, 0.4) is 0 Å². The van der Waals surface area contributed by atoms with E-state index in [4.69, 9.17) is 15.4 Å². The average molecular weight is 449 g/mol. The zero-order valence-corrected chi connectivity index (χ0v) is 17.8. The lowest BCUT2D eigenvalue weighted by Gasteiger charge is -2.39. The zero-order chi connectivity index (χ0) is 22.3. The van der Waals surface area contributed by atoms with Gasteiger partial charge < -0.3 is 10.3 Å². The van der Waals surface area contributed by atoms with Crippen LogP contribution in [0.2, 0.25) is 0 Å². The molecule has 0 spiro atoms. The highest BCUT2D eigenvalue weighted by Gasteiger charge is 2.44. The van der Waals surface area contributed by atoms with Gasteiger partial charge in [-0.15, -0.1) is 0 Å². The number of hydrogen-bond acceptors (Lipinski definition) is 8. The second-order valence-electron chi connectivity index (χ2n) is 7.84. The van der Waals surface area contributed by atoms with Crippen LogP contribution >= 0.6 is 0 Å². The van der Waals surface area contributed by atoms with Crippen molar-refractivity contribution in [3.05, 3.63) is 72.3 Å². The summed E-state index contributed by atoms with van der Waals surface area (Å²) in [5.74, 6) is 1.08. The van der Waals surface area contributed by atoms with Gasteiger partial charge in [0, 0.05) is 23.5 Å². The van der Waals surface area contributed by atoms with Crippen molar-refractivity contribution >= 4 is 16.0 Å². The third-order valence-corrected chi connectivity index (χ3v) is 6.82. The van der Waals surface area contributed by atoms with E-state index < -0.39 is 10.0 Å². The summed E-state index contributed by atoms with van der Waals surface area (Å²) in [6.07, 6.45) is 6.23. The SMILES string of the molecule is Nc1ncc(-c2ccc(C3(c4noc(-c5cccc(S(N)(=O)=O)c5)n4)CCC3)cc2)cn1. The fourth-order valence-electron chi connectivity index (χ4n) is 3.98.